The van der Waals surface area contributed by atoms with Gasteiger partial charge in [-0.05, 0) is 42.3 Å². The van der Waals surface area contributed by atoms with Gasteiger partial charge in [-0.1, -0.05) is 24.3 Å². The number of halogens is 1. The predicted octanol–water partition coefficient (Wildman–Crippen LogP) is 3.92. The zero-order valence-electron chi connectivity index (χ0n) is 12.7. The molecule has 0 spiro atoms. The Kier molecular flexibility index (Phi) is 5.53. The molecule has 2 aromatic carbocycles. The van der Waals surface area contributed by atoms with Gasteiger partial charge in [0.25, 0.3) is 0 Å². The van der Waals surface area contributed by atoms with Gasteiger partial charge >= 0.3 is 5.97 Å². The fraction of sp³-hybridized carbons (Fsp3) is 0.278. The molecule has 116 valence electrons. The van der Waals surface area contributed by atoms with Gasteiger partial charge in [-0.25, -0.2) is 4.39 Å². The molecule has 0 N–H and O–H groups in total. The second-order valence-electron chi connectivity index (χ2n) is 4.89. The molecule has 0 amide bonds. The molecule has 0 aliphatic heterocycles. The molecule has 2 aromatic rings. The van der Waals surface area contributed by atoms with E-state index in [0.717, 1.165) is 16.9 Å². The van der Waals surface area contributed by atoms with Crippen molar-refractivity contribution in [3.8, 4) is 5.75 Å². The van der Waals surface area contributed by atoms with Crippen LogP contribution in [0, 0.1) is 5.82 Å². The first-order chi connectivity index (χ1) is 10.6. The van der Waals surface area contributed by atoms with Crippen LogP contribution in [-0.2, 0) is 9.53 Å². The van der Waals surface area contributed by atoms with Crippen LogP contribution in [-0.4, -0.2) is 19.7 Å². The Balaban J connectivity index is 2.31. The average Bonchev–Trinajstić information content (AvgIpc) is 2.54. The highest BCUT2D eigenvalue weighted by Crippen LogP contribution is 2.30. The number of ether oxygens (including phenoxy) is 2. The summed E-state index contributed by atoms with van der Waals surface area (Å²) in [5.74, 6) is 0.00399. The number of hydrogen-bond donors (Lipinski definition) is 0. The van der Waals surface area contributed by atoms with Crippen molar-refractivity contribution in [1.29, 1.82) is 0 Å². The fourth-order valence-corrected chi connectivity index (χ4v) is 2.35. The van der Waals surface area contributed by atoms with Crippen LogP contribution in [0.5, 0.6) is 5.75 Å². The van der Waals surface area contributed by atoms with E-state index in [1.165, 1.54) is 12.1 Å². The zero-order chi connectivity index (χ0) is 15.9. The number of rotatable bonds is 6. The summed E-state index contributed by atoms with van der Waals surface area (Å²) in [5.41, 5.74) is 1.83. The predicted molar refractivity (Wildman–Crippen MR) is 82.5 cm³/mol. The molecule has 22 heavy (non-hydrogen) atoms. The van der Waals surface area contributed by atoms with Gasteiger partial charge in [0.15, 0.2) is 0 Å². The largest absolute Gasteiger partial charge is 0.497 e. The number of carbonyl (C=O) groups excluding carboxylic acids is 1. The molecule has 0 aliphatic carbocycles. The van der Waals surface area contributed by atoms with Crippen LogP contribution in [0.1, 0.15) is 30.4 Å². The van der Waals surface area contributed by atoms with E-state index in [1.807, 2.05) is 24.3 Å². The molecular formula is C18H19FO3. The molecule has 0 bridgehead atoms. The summed E-state index contributed by atoms with van der Waals surface area (Å²) in [7, 11) is 1.60. The Morgan fingerprint density at radius 2 is 1.59 bits per heavy atom. The van der Waals surface area contributed by atoms with Crippen LogP contribution in [0.25, 0.3) is 0 Å². The second-order valence-corrected chi connectivity index (χ2v) is 4.89. The van der Waals surface area contributed by atoms with Crippen molar-refractivity contribution in [2.75, 3.05) is 13.7 Å². The minimum Gasteiger partial charge on any atom is -0.497 e. The van der Waals surface area contributed by atoms with E-state index in [4.69, 9.17) is 9.47 Å². The maximum absolute atomic E-state index is 13.1. The van der Waals surface area contributed by atoms with E-state index < -0.39 is 0 Å². The normalized spacial score (nSPS) is 11.8. The van der Waals surface area contributed by atoms with Gasteiger partial charge < -0.3 is 9.47 Å². The molecule has 0 heterocycles. The first-order valence-electron chi connectivity index (χ1n) is 7.19. The Morgan fingerprint density at radius 1 is 1.05 bits per heavy atom. The topological polar surface area (TPSA) is 35.5 Å². The third-order valence-corrected chi connectivity index (χ3v) is 3.47. The van der Waals surface area contributed by atoms with Gasteiger partial charge in [0.1, 0.15) is 11.6 Å². The monoisotopic (exact) mass is 302 g/mol. The summed E-state index contributed by atoms with van der Waals surface area (Å²) in [6, 6.07) is 13.7. The number of methoxy groups -OCH3 is 1. The minimum absolute atomic E-state index is 0.175. The zero-order valence-corrected chi connectivity index (χ0v) is 12.7. The van der Waals surface area contributed by atoms with E-state index in [2.05, 4.69) is 0 Å². The summed E-state index contributed by atoms with van der Waals surface area (Å²) in [4.78, 5) is 11.9. The van der Waals surface area contributed by atoms with Crippen LogP contribution in [0.2, 0.25) is 0 Å². The van der Waals surface area contributed by atoms with Gasteiger partial charge in [0.2, 0.25) is 0 Å². The van der Waals surface area contributed by atoms with Crippen LogP contribution in [0.4, 0.5) is 4.39 Å². The molecule has 3 nitrogen and oxygen atoms in total. The lowest BCUT2D eigenvalue weighted by Crippen LogP contribution is -2.11. The summed E-state index contributed by atoms with van der Waals surface area (Å²) in [6.45, 7) is 2.12. The maximum atomic E-state index is 13.1. The standard InChI is InChI=1S/C18H19FO3/c1-3-22-18(20)12-17(13-4-8-15(19)9-5-13)14-6-10-16(21-2)11-7-14/h4-11,17H,3,12H2,1-2H3. The van der Waals surface area contributed by atoms with E-state index in [9.17, 15) is 9.18 Å². The molecule has 0 saturated carbocycles. The maximum Gasteiger partial charge on any atom is 0.306 e. The van der Waals surface area contributed by atoms with Crippen molar-refractivity contribution in [3.63, 3.8) is 0 Å². The molecule has 0 radical (unpaired) electrons. The summed E-state index contributed by atoms with van der Waals surface area (Å²) in [6.07, 6.45) is 0.214. The molecule has 0 fully saturated rings. The Labute approximate surface area is 129 Å². The molecule has 2 rings (SSSR count). The van der Waals surface area contributed by atoms with Crippen molar-refractivity contribution in [3.05, 3.63) is 65.5 Å². The lowest BCUT2D eigenvalue weighted by Gasteiger charge is -2.17. The smallest absolute Gasteiger partial charge is 0.306 e. The van der Waals surface area contributed by atoms with Crippen LogP contribution in [0.3, 0.4) is 0 Å². The lowest BCUT2D eigenvalue weighted by atomic mass is 9.88. The van der Waals surface area contributed by atoms with Crippen molar-refractivity contribution in [2.24, 2.45) is 0 Å². The second kappa shape index (κ2) is 7.59. The van der Waals surface area contributed by atoms with Gasteiger partial charge in [-0.3, -0.25) is 4.79 Å². The van der Waals surface area contributed by atoms with Crippen molar-refractivity contribution >= 4 is 5.97 Å². The molecular weight excluding hydrogens is 283 g/mol. The van der Waals surface area contributed by atoms with Crippen LogP contribution < -0.4 is 4.74 Å². The van der Waals surface area contributed by atoms with Gasteiger partial charge in [0, 0.05) is 5.92 Å². The number of benzene rings is 2. The number of carbonyl (C=O) groups is 1. The molecule has 0 saturated heterocycles. The Morgan fingerprint density at radius 3 is 2.09 bits per heavy atom. The Bertz CT molecular complexity index is 605. The first-order valence-corrected chi connectivity index (χ1v) is 7.19. The van der Waals surface area contributed by atoms with Gasteiger partial charge in [-0.2, -0.15) is 0 Å². The Hall–Kier alpha value is -2.36. The van der Waals surface area contributed by atoms with Crippen LogP contribution in [0.15, 0.2) is 48.5 Å². The molecule has 0 aliphatic rings. The molecule has 4 heteroatoms. The third-order valence-electron chi connectivity index (χ3n) is 3.47. The molecule has 1 atom stereocenters. The summed E-state index contributed by atoms with van der Waals surface area (Å²) < 4.78 is 23.3. The van der Waals surface area contributed by atoms with Crippen molar-refractivity contribution in [1.82, 2.24) is 0 Å². The quantitative estimate of drug-likeness (QED) is 0.759. The first kappa shape index (κ1) is 16.0. The number of esters is 1. The van der Waals surface area contributed by atoms with E-state index in [-0.39, 0.29) is 24.1 Å². The summed E-state index contributed by atoms with van der Waals surface area (Å²) in [5, 5.41) is 0. The number of hydrogen-bond acceptors (Lipinski definition) is 3. The SMILES string of the molecule is CCOC(=O)CC(c1ccc(F)cc1)c1ccc(OC)cc1. The lowest BCUT2D eigenvalue weighted by molar-refractivity contribution is -0.143. The third kappa shape index (κ3) is 4.07. The van der Waals surface area contributed by atoms with Gasteiger partial charge in [-0.15, -0.1) is 0 Å². The van der Waals surface area contributed by atoms with Gasteiger partial charge in [0.05, 0.1) is 20.1 Å². The highest BCUT2D eigenvalue weighted by Gasteiger charge is 2.19. The minimum atomic E-state index is -0.298. The average molecular weight is 302 g/mol. The van der Waals surface area contributed by atoms with E-state index >= 15 is 0 Å². The fourth-order valence-electron chi connectivity index (χ4n) is 2.35. The molecule has 1 unspecified atom stereocenters. The molecule has 0 aromatic heterocycles. The highest BCUT2D eigenvalue weighted by molar-refractivity contribution is 5.71. The summed E-state index contributed by atoms with van der Waals surface area (Å²) >= 11 is 0. The van der Waals surface area contributed by atoms with Crippen LogP contribution >= 0.6 is 0 Å². The van der Waals surface area contributed by atoms with E-state index in [0.29, 0.717) is 6.61 Å². The van der Waals surface area contributed by atoms with E-state index in [1.54, 1.807) is 26.2 Å². The van der Waals surface area contributed by atoms with Crippen molar-refractivity contribution < 1.29 is 18.7 Å². The highest BCUT2D eigenvalue weighted by atomic mass is 19.1. The van der Waals surface area contributed by atoms with Crippen molar-refractivity contribution in [2.45, 2.75) is 19.3 Å².